The summed E-state index contributed by atoms with van der Waals surface area (Å²) in [6, 6.07) is 3.03. The Bertz CT molecular complexity index is 454. The van der Waals surface area contributed by atoms with Gasteiger partial charge in [0, 0.05) is 10.6 Å². The summed E-state index contributed by atoms with van der Waals surface area (Å²) >= 11 is 0. The number of hydrogen-bond acceptors (Lipinski definition) is 4. The Morgan fingerprint density at radius 1 is 1.62 bits per heavy atom. The van der Waals surface area contributed by atoms with Gasteiger partial charge in [0.15, 0.2) is 0 Å². The molecule has 0 aromatic heterocycles. The maximum Gasteiger partial charge on any atom is 0.320 e. The van der Waals surface area contributed by atoms with Gasteiger partial charge in [-0.3, -0.25) is 4.79 Å². The first-order valence-electron chi connectivity index (χ1n) is 4.40. The average molecular weight is 222 g/mol. The number of carboxylic acid groups (broad SMARTS) is 1. The Morgan fingerprint density at radius 3 is 2.88 bits per heavy atom. The van der Waals surface area contributed by atoms with Crippen molar-refractivity contribution in [1.82, 2.24) is 0 Å². The normalized spacial score (nSPS) is 11.6. The molecule has 0 unspecified atom stereocenters. The first-order valence-corrected chi connectivity index (χ1v) is 4.40. The molecule has 1 aromatic rings. The van der Waals surface area contributed by atoms with Crippen molar-refractivity contribution >= 4 is 11.7 Å². The van der Waals surface area contributed by atoms with E-state index in [0.29, 0.717) is 5.56 Å². The third kappa shape index (κ3) is 2.88. The highest BCUT2D eigenvalue weighted by atomic mass is 16.4. The lowest BCUT2D eigenvalue weighted by atomic mass is 10.0. The molecule has 84 valence electrons. The van der Waals surface area contributed by atoms with Crippen LogP contribution in [-0.4, -0.2) is 22.2 Å². The average Bonchev–Trinajstić information content (AvgIpc) is 2.22. The topological polar surface area (TPSA) is 132 Å². The Hall–Kier alpha value is -2.24. The summed E-state index contributed by atoms with van der Waals surface area (Å²) in [6.45, 7) is 0. The van der Waals surface area contributed by atoms with Gasteiger partial charge in [-0.05, 0) is 29.6 Å². The van der Waals surface area contributed by atoms with E-state index in [1.165, 1.54) is 18.2 Å². The van der Waals surface area contributed by atoms with Crippen LogP contribution in [0, 0.1) is 0 Å². The summed E-state index contributed by atoms with van der Waals surface area (Å²) in [4.78, 5) is 13.1. The van der Waals surface area contributed by atoms with Crippen LogP contribution in [0.15, 0.2) is 23.3 Å². The van der Waals surface area contributed by atoms with Gasteiger partial charge in [-0.2, -0.15) is 0 Å². The maximum atomic E-state index is 10.6. The van der Waals surface area contributed by atoms with Crippen molar-refractivity contribution in [3.63, 3.8) is 0 Å². The Labute approximate surface area is 90.7 Å². The van der Waals surface area contributed by atoms with Crippen molar-refractivity contribution in [3.05, 3.63) is 34.2 Å². The van der Waals surface area contributed by atoms with Crippen LogP contribution >= 0.6 is 0 Å². The van der Waals surface area contributed by atoms with Crippen molar-refractivity contribution < 1.29 is 15.0 Å². The number of rotatable bonds is 4. The summed E-state index contributed by atoms with van der Waals surface area (Å²) < 4.78 is 0. The zero-order chi connectivity index (χ0) is 12.1. The molecule has 4 N–H and O–H groups in total. The molecule has 0 saturated carbocycles. The van der Waals surface area contributed by atoms with Crippen LogP contribution in [0.3, 0.4) is 0 Å². The molecule has 0 fully saturated rings. The SMILES string of the molecule is [N-]=[N+]=Nc1cc(O)ccc1C[C@H](N)C(=O)O. The highest BCUT2D eigenvalue weighted by Crippen LogP contribution is 2.25. The quantitative estimate of drug-likeness (QED) is 0.402. The third-order valence-electron chi connectivity index (χ3n) is 1.98. The number of carbonyl (C=O) groups is 1. The summed E-state index contributed by atoms with van der Waals surface area (Å²) in [5.41, 5.74) is 14.3. The maximum absolute atomic E-state index is 10.6. The minimum absolute atomic E-state index is 0.0317. The van der Waals surface area contributed by atoms with E-state index < -0.39 is 12.0 Å². The van der Waals surface area contributed by atoms with Crippen LogP contribution in [0.4, 0.5) is 5.69 Å². The fourth-order valence-corrected chi connectivity index (χ4v) is 1.19. The molecule has 0 bridgehead atoms. The van der Waals surface area contributed by atoms with Gasteiger partial charge >= 0.3 is 5.97 Å². The van der Waals surface area contributed by atoms with Gasteiger partial charge in [-0.15, -0.1) is 0 Å². The molecule has 16 heavy (non-hydrogen) atoms. The van der Waals surface area contributed by atoms with Gasteiger partial charge in [-0.25, -0.2) is 0 Å². The second-order valence-electron chi connectivity index (χ2n) is 3.15. The Morgan fingerprint density at radius 2 is 2.31 bits per heavy atom. The van der Waals surface area contributed by atoms with Gasteiger partial charge < -0.3 is 15.9 Å². The highest BCUT2D eigenvalue weighted by Gasteiger charge is 2.14. The molecule has 1 aromatic carbocycles. The number of carboxylic acids is 1. The van der Waals surface area contributed by atoms with E-state index in [0.717, 1.165) is 0 Å². The van der Waals surface area contributed by atoms with Crippen LogP contribution in [0.5, 0.6) is 5.75 Å². The van der Waals surface area contributed by atoms with E-state index in [-0.39, 0.29) is 17.9 Å². The molecule has 0 aliphatic carbocycles. The van der Waals surface area contributed by atoms with Crippen molar-refractivity contribution in [2.75, 3.05) is 0 Å². The Kier molecular flexibility index (Phi) is 3.71. The number of aliphatic carboxylic acids is 1. The molecule has 0 saturated heterocycles. The highest BCUT2D eigenvalue weighted by molar-refractivity contribution is 5.74. The lowest BCUT2D eigenvalue weighted by molar-refractivity contribution is -0.138. The Balaban J connectivity index is 3.03. The molecule has 0 amide bonds. The lowest BCUT2D eigenvalue weighted by Gasteiger charge is -2.09. The summed E-state index contributed by atoms with van der Waals surface area (Å²) in [5, 5.41) is 21.2. The fraction of sp³-hybridized carbons (Fsp3) is 0.222. The zero-order valence-electron chi connectivity index (χ0n) is 8.24. The van der Waals surface area contributed by atoms with E-state index in [2.05, 4.69) is 10.0 Å². The minimum Gasteiger partial charge on any atom is -0.508 e. The van der Waals surface area contributed by atoms with Gasteiger partial charge in [0.25, 0.3) is 0 Å². The van der Waals surface area contributed by atoms with E-state index in [9.17, 15) is 9.90 Å². The van der Waals surface area contributed by atoms with Crippen LogP contribution in [0.2, 0.25) is 0 Å². The number of nitrogens with zero attached hydrogens (tertiary/aromatic N) is 3. The molecule has 0 aliphatic rings. The van der Waals surface area contributed by atoms with E-state index >= 15 is 0 Å². The predicted molar refractivity (Wildman–Crippen MR) is 56.2 cm³/mol. The van der Waals surface area contributed by atoms with Crippen molar-refractivity contribution in [2.24, 2.45) is 10.8 Å². The van der Waals surface area contributed by atoms with Gasteiger partial charge in [0.2, 0.25) is 0 Å². The number of phenolic OH excluding ortho intramolecular Hbond substituents is 1. The molecule has 7 nitrogen and oxygen atoms in total. The standard InChI is InChI=1S/C9H10N4O3/c10-7(9(15)16)3-5-1-2-6(14)4-8(5)12-13-11/h1-2,4,7,14H,3,10H2,(H,15,16)/t7-/m0/s1. The van der Waals surface area contributed by atoms with Crippen molar-refractivity contribution in [1.29, 1.82) is 0 Å². The molecular formula is C9H10N4O3. The first-order chi connectivity index (χ1) is 7.54. The third-order valence-corrected chi connectivity index (χ3v) is 1.98. The molecule has 0 spiro atoms. The summed E-state index contributed by atoms with van der Waals surface area (Å²) in [7, 11) is 0. The van der Waals surface area contributed by atoms with E-state index in [1.807, 2.05) is 0 Å². The minimum atomic E-state index is -1.14. The molecule has 0 radical (unpaired) electrons. The molecular weight excluding hydrogens is 212 g/mol. The van der Waals surface area contributed by atoms with E-state index in [1.54, 1.807) is 0 Å². The molecule has 7 heteroatoms. The van der Waals surface area contributed by atoms with Crippen molar-refractivity contribution in [2.45, 2.75) is 12.5 Å². The predicted octanol–water partition coefficient (Wildman–Crippen LogP) is 1.29. The number of nitrogens with two attached hydrogens (primary N) is 1. The van der Waals surface area contributed by atoms with Gasteiger partial charge in [0.05, 0.1) is 0 Å². The number of azide groups is 1. The largest absolute Gasteiger partial charge is 0.508 e. The molecule has 0 aliphatic heterocycles. The number of hydrogen-bond donors (Lipinski definition) is 3. The number of phenols is 1. The summed E-state index contributed by atoms with van der Waals surface area (Å²) in [6.07, 6.45) is 0.0317. The van der Waals surface area contributed by atoms with E-state index in [4.69, 9.17) is 16.4 Å². The van der Waals surface area contributed by atoms with Gasteiger partial charge in [-0.1, -0.05) is 11.2 Å². The molecule has 1 atom stereocenters. The lowest BCUT2D eigenvalue weighted by Crippen LogP contribution is -2.32. The van der Waals surface area contributed by atoms with Crippen LogP contribution in [0.25, 0.3) is 10.4 Å². The van der Waals surface area contributed by atoms with Crippen LogP contribution < -0.4 is 5.73 Å². The second kappa shape index (κ2) is 5.01. The van der Waals surface area contributed by atoms with Crippen LogP contribution in [-0.2, 0) is 11.2 Å². The molecule has 0 heterocycles. The molecule has 1 rings (SSSR count). The summed E-state index contributed by atoms with van der Waals surface area (Å²) in [5.74, 6) is -1.20. The zero-order valence-corrected chi connectivity index (χ0v) is 8.24. The first kappa shape index (κ1) is 11.8. The fourth-order valence-electron chi connectivity index (χ4n) is 1.19. The van der Waals surface area contributed by atoms with Gasteiger partial charge in [0.1, 0.15) is 11.8 Å². The van der Waals surface area contributed by atoms with Crippen LogP contribution in [0.1, 0.15) is 5.56 Å². The monoisotopic (exact) mass is 222 g/mol. The smallest absolute Gasteiger partial charge is 0.320 e. The van der Waals surface area contributed by atoms with Crippen molar-refractivity contribution in [3.8, 4) is 5.75 Å². The number of benzene rings is 1. The number of aromatic hydroxyl groups is 1. The second-order valence-corrected chi connectivity index (χ2v) is 3.15.